The largest absolute Gasteiger partial charge is 0.315 e. The van der Waals surface area contributed by atoms with E-state index in [1.165, 1.54) is 28.6 Å². The Morgan fingerprint density at radius 1 is 1.20 bits per heavy atom. The lowest BCUT2D eigenvalue weighted by molar-refractivity contribution is -0.387. The molecule has 20 heavy (non-hydrogen) atoms. The molecule has 9 heteroatoms. The van der Waals surface area contributed by atoms with Gasteiger partial charge in [-0.15, -0.1) is 12.4 Å². The Kier molecular flexibility index (Phi) is 5.88. The minimum absolute atomic E-state index is 0. The third kappa shape index (κ3) is 3.45. The fourth-order valence-corrected chi connectivity index (χ4v) is 3.66. The summed E-state index contributed by atoms with van der Waals surface area (Å²) in [6.45, 7) is 2.01. The Labute approximate surface area is 123 Å². The molecule has 0 radical (unpaired) electrons. The maximum absolute atomic E-state index is 12.5. The Hall–Kier alpha value is -1.22. The molecule has 1 saturated heterocycles. The molecule has 1 fully saturated rings. The monoisotopic (exact) mass is 321 g/mol. The highest BCUT2D eigenvalue weighted by atomic mass is 35.5. The minimum atomic E-state index is -3.81. The standard InChI is InChI=1S/C11H15N3O4S.ClH/c15-14(16)10-4-1-2-5-11(10)19(17,18)13-8-3-6-12-7-9-13;/h1-2,4-5,12H,3,6-9H2;1H. The van der Waals surface area contributed by atoms with E-state index in [0.717, 1.165) is 6.54 Å². The number of para-hydroxylation sites is 1. The lowest BCUT2D eigenvalue weighted by atomic mass is 10.3. The van der Waals surface area contributed by atoms with Gasteiger partial charge in [-0.25, -0.2) is 8.42 Å². The normalized spacial score (nSPS) is 17.0. The second-order valence-electron chi connectivity index (χ2n) is 4.23. The Balaban J connectivity index is 0.00000200. The summed E-state index contributed by atoms with van der Waals surface area (Å²) in [6.07, 6.45) is 0.694. The van der Waals surface area contributed by atoms with E-state index in [1.54, 1.807) is 0 Å². The Morgan fingerprint density at radius 2 is 1.90 bits per heavy atom. The molecule has 1 heterocycles. The van der Waals surface area contributed by atoms with Crippen molar-refractivity contribution in [1.29, 1.82) is 0 Å². The Bertz CT molecular complexity index is 571. The molecule has 7 nitrogen and oxygen atoms in total. The Morgan fingerprint density at radius 3 is 2.60 bits per heavy atom. The van der Waals surface area contributed by atoms with Crippen LogP contribution in [0.15, 0.2) is 29.2 Å². The molecule has 1 aliphatic rings. The highest BCUT2D eigenvalue weighted by molar-refractivity contribution is 7.89. The third-order valence-corrected chi connectivity index (χ3v) is 4.92. The average Bonchev–Trinajstić information content (AvgIpc) is 2.68. The highest BCUT2D eigenvalue weighted by Crippen LogP contribution is 2.26. The van der Waals surface area contributed by atoms with Gasteiger partial charge in [0.2, 0.25) is 10.0 Å². The molecule has 0 atom stereocenters. The van der Waals surface area contributed by atoms with Crippen LogP contribution in [0.5, 0.6) is 0 Å². The van der Waals surface area contributed by atoms with E-state index < -0.39 is 14.9 Å². The first-order valence-corrected chi connectivity index (χ1v) is 7.42. The average molecular weight is 322 g/mol. The van der Waals surface area contributed by atoms with Gasteiger partial charge in [-0.1, -0.05) is 12.1 Å². The second kappa shape index (κ2) is 6.98. The maximum atomic E-state index is 12.5. The summed E-state index contributed by atoms with van der Waals surface area (Å²) < 4.78 is 26.2. The van der Waals surface area contributed by atoms with Gasteiger partial charge in [-0.05, 0) is 19.0 Å². The molecule has 0 bridgehead atoms. The molecule has 0 aliphatic carbocycles. The molecule has 1 aliphatic heterocycles. The summed E-state index contributed by atoms with van der Waals surface area (Å²) in [7, 11) is -3.81. The van der Waals surface area contributed by atoms with E-state index in [1.807, 2.05) is 0 Å². The molecule has 0 saturated carbocycles. The van der Waals surface area contributed by atoms with Crippen molar-refractivity contribution in [3.8, 4) is 0 Å². The van der Waals surface area contributed by atoms with E-state index in [-0.39, 0.29) is 23.0 Å². The van der Waals surface area contributed by atoms with Crippen LogP contribution in [0.1, 0.15) is 6.42 Å². The van der Waals surface area contributed by atoms with Crippen molar-refractivity contribution >= 4 is 28.1 Å². The number of nitrogens with one attached hydrogen (secondary N) is 1. The fourth-order valence-electron chi connectivity index (χ4n) is 2.03. The number of nitro benzene ring substituents is 1. The second-order valence-corrected chi connectivity index (χ2v) is 6.14. The molecule has 0 aromatic heterocycles. The first-order valence-electron chi connectivity index (χ1n) is 5.98. The molecular weight excluding hydrogens is 306 g/mol. The quantitative estimate of drug-likeness (QED) is 0.662. The zero-order valence-electron chi connectivity index (χ0n) is 10.7. The van der Waals surface area contributed by atoms with Crippen LogP contribution in [0.2, 0.25) is 0 Å². The van der Waals surface area contributed by atoms with Crippen LogP contribution < -0.4 is 5.32 Å². The SMILES string of the molecule is Cl.O=[N+]([O-])c1ccccc1S(=O)(=O)N1CCCNCC1. The van der Waals surface area contributed by atoms with Crippen LogP contribution in [0.3, 0.4) is 0 Å². The van der Waals surface area contributed by atoms with Gasteiger partial charge in [0.25, 0.3) is 5.69 Å². The topological polar surface area (TPSA) is 92.5 Å². The van der Waals surface area contributed by atoms with Crippen molar-refractivity contribution in [2.24, 2.45) is 0 Å². The number of nitro groups is 1. The highest BCUT2D eigenvalue weighted by Gasteiger charge is 2.31. The van der Waals surface area contributed by atoms with Crippen LogP contribution >= 0.6 is 12.4 Å². The van der Waals surface area contributed by atoms with Crippen LogP contribution in [-0.4, -0.2) is 43.8 Å². The predicted molar refractivity (Wildman–Crippen MR) is 76.6 cm³/mol. The first kappa shape index (κ1) is 16.8. The number of hydrogen-bond donors (Lipinski definition) is 1. The van der Waals surface area contributed by atoms with Gasteiger partial charge >= 0.3 is 0 Å². The first-order chi connectivity index (χ1) is 9.03. The van der Waals surface area contributed by atoms with E-state index in [2.05, 4.69) is 5.32 Å². The summed E-state index contributed by atoms with van der Waals surface area (Å²) >= 11 is 0. The number of rotatable bonds is 3. The molecule has 2 rings (SSSR count). The smallest absolute Gasteiger partial charge is 0.289 e. The van der Waals surface area contributed by atoms with Crippen molar-refractivity contribution < 1.29 is 13.3 Å². The predicted octanol–water partition coefficient (Wildman–Crippen LogP) is 1.00. The molecular formula is C11H16ClN3O4S. The number of benzene rings is 1. The molecule has 0 unspecified atom stereocenters. The molecule has 0 spiro atoms. The maximum Gasteiger partial charge on any atom is 0.289 e. The molecule has 1 N–H and O–H groups in total. The minimum Gasteiger partial charge on any atom is -0.315 e. The van der Waals surface area contributed by atoms with Crippen LogP contribution in [0.25, 0.3) is 0 Å². The van der Waals surface area contributed by atoms with Crippen LogP contribution in [-0.2, 0) is 10.0 Å². The number of sulfonamides is 1. The van der Waals surface area contributed by atoms with Gasteiger partial charge in [0, 0.05) is 25.7 Å². The van der Waals surface area contributed by atoms with E-state index in [4.69, 9.17) is 0 Å². The van der Waals surface area contributed by atoms with Crippen LogP contribution in [0.4, 0.5) is 5.69 Å². The lowest BCUT2D eigenvalue weighted by Gasteiger charge is -2.19. The van der Waals surface area contributed by atoms with Crippen molar-refractivity contribution in [1.82, 2.24) is 9.62 Å². The summed E-state index contributed by atoms with van der Waals surface area (Å²) in [5.74, 6) is 0. The van der Waals surface area contributed by atoms with Gasteiger partial charge in [0.15, 0.2) is 4.90 Å². The van der Waals surface area contributed by atoms with Gasteiger partial charge in [-0.3, -0.25) is 10.1 Å². The molecule has 112 valence electrons. The van der Waals surface area contributed by atoms with E-state index in [0.29, 0.717) is 26.1 Å². The van der Waals surface area contributed by atoms with Gasteiger partial charge in [-0.2, -0.15) is 4.31 Å². The van der Waals surface area contributed by atoms with E-state index in [9.17, 15) is 18.5 Å². The molecule has 1 aromatic rings. The number of nitrogens with zero attached hydrogens (tertiary/aromatic N) is 2. The zero-order chi connectivity index (χ0) is 13.9. The zero-order valence-corrected chi connectivity index (χ0v) is 12.3. The summed E-state index contributed by atoms with van der Waals surface area (Å²) in [6, 6.07) is 5.45. The number of halogens is 1. The van der Waals surface area contributed by atoms with Crippen molar-refractivity contribution in [3.63, 3.8) is 0 Å². The summed E-state index contributed by atoms with van der Waals surface area (Å²) in [5, 5.41) is 14.0. The van der Waals surface area contributed by atoms with Crippen molar-refractivity contribution in [3.05, 3.63) is 34.4 Å². The fraction of sp³-hybridized carbons (Fsp3) is 0.455. The van der Waals surface area contributed by atoms with Crippen LogP contribution in [0, 0.1) is 10.1 Å². The van der Waals surface area contributed by atoms with Crippen molar-refractivity contribution in [2.75, 3.05) is 26.2 Å². The van der Waals surface area contributed by atoms with Crippen molar-refractivity contribution in [2.45, 2.75) is 11.3 Å². The molecule has 1 aromatic carbocycles. The van der Waals surface area contributed by atoms with E-state index >= 15 is 0 Å². The lowest BCUT2D eigenvalue weighted by Crippen LogP contribution is -2.34. The third-order valence-electron chi connectivity index (χ3n) is 2.98. The van der Waals surface area contributed by atoms with Gasteiger partial charge < -0.3 is 5.32 Å². The van der Waals surface area contributed by atoms with Gasteiger partial charge in [0.05, 0.1) is 4.92 Å². The van der Waals surface area contributed by atoms with Gasteiger partial charge in [0.1, 0.15) is 0 Å². The summed E-state index contributed by atoms with van der Waals surface area (Å²) in [4.78, 5) is 10.0. The molecule has 0 amide bonds. The number of hydrogen-bond acceptors (Lipinski definition) is 5. The summed E-state index contributed by atoms with van der Waals surface area (Å²) in [5.41, 5.74) is -0.375.